The topological polar surface area (TPSA) is 71.6 Å². The maximum atomic E-state index is 12.3. The molecule has 1 aromatic heterocycles. The van der Waals surface area contributed by atoms with E-state index in [-0.39, 0.29) is 12.1 Å². The Morgan fingerprint density at radius 2 is 1.93 bits per heavy atom. The van der Waals surface area contributed by atoms with E-state index in [0.717, 1.165) is 23.7 Å². The van der Waals surface area contributed by atoms with Gasteiger partial charge in [-0.3, -0.25) is 0 Å². The largest absolute Gasteiger partial charge is 0.461 e. The normalized spacial score (nSPS) is 15.8. The molecule has 6 nitrogen and oxygen atoms in total. The maximum absolute atomic E-state index is 12.3. The molecule has 6 heteroatoms. The Morgan fingerprint density at radius 3 is 2.56 bits per heavy atom. The van der Waals surface area contributed by atoms with Gasteiger partial charge in [-0.15, -0.1) is 0 Å². The molecule has 0 atom stereocenters. The van der Waals surface area contributed by atoms with Gasteiger partial charge < -0.3 is 19.4 Å². The molecule has 1 saturated heterocycles. The molecule has 0 aliphatic carbocycles. The Hall–Kier alpha value is -2.50. The Bertz CT molecular complexity index is 826. The van der Waals surface area contributed by atoms with Gasteiger partial charge in [-0.1, -0.05) is 18.2 Å². The Kier molecular flexibility index (Phi) is 5.44. The number of likely N-dealkylation sites (tertiary alicyclic amines) is 1. The molecule has 0 radical (unpaired) electrons. The number of aromatic amines is 1. The van der Waals surface area contributed by atoms with Crippen molar-refractivity contribution in [3.8, 4) is 0 Å². The van der Waals surface area contributed by atoms with Gasteiger partial charge in [0.15, 0.2) is 0 Å². The lowest BCUT2D eigenvalue weighted by molar-refractivity contribution is 0.0205. The van der Waals surface area contributed by atoms with E-state index in [1.807, 2.05) is 39.0 Å². The number of nitrogens with one attached hydrogen (secondary N) is 1. The minimum absolute atomic E-state index is 0.247. The van der Waals surface area contributed by atoms with E-state index >= 15 is 0 Å². The lowest BCUT2D eigenvalue weighted by Crippen LogP contribution is -2.41. The van der Waals surface area contributed by atoms with E-state index in [1.54, 1.807) is 11.8 Å². The van der Waals surface area contributed by atoms with E-state index in [9.17, 15) is 9.59 Å². The number of para-hydroxylation sites is 1. The highest BCUT2D eigenvalue weighted by atomic mass is 16.6. The van der Waals surface area contributed by atoms with Crippen molar-refractivity contribution in [2.45, 2.75) is 52.1 Å². The second-order valence-electron chi connectivity index (χ2n) is 7.96. The number of hydrogen-bond acceptors (Lipinski definition) is 4. The molecule has 1 aliphatic rings. The average Bonchev–Trinajstić information content (AvgIpc) is 3.05. The summed E-state index contributed by atoms with van der Waals surface area (Å²) in [5.74, 6) is 0.000442. The third kappa shape index (κ3) is 4.43. The number of carbonyl (C=O) groups excluding carboxylic acids is 2. The quantitative estimate of drug-likeness (QED) is 0.808. The molecule has 0 unspecified atom stereocenters. The third-order valence-corrected chi connectivity index (χ3v) is 4.77. The molecule has 0 saturated carbocycles. The first-order valence-corrected chi connectivity index (χ1v) is 9.55. The molecule has 1 fully saturated rings. The zero-order valence-electron chi connectivity index (χ0n) is 16.5. The summed E-state index contributed by atoms with van der Waals surface area (Å²) in [4.78, 5) is 29.3. The Labute approximate surface area is 159 Å². The van der Waals surface area contributed by atoms with Gasteiger partial charge in [-0.2, -0.15) is 0 Å². The van der Waals surface area contributed by atoms with Gasteiger partial charge in [-0.05, 0) is 58.1 Å². The van der Waals surface area contributed by atoms with Crippen LogP contribution in [-0.2, 0) is 9.47 Å². The molecular weight excluding hydrogens is 344 g/mol. The van der Waals surface area contributed by atoms with Gasteiger partial charge in [0.05, 0.1) is 6.61 Å². The van der Waals surface area contributed by atoms with Crippen LogP contribution < -0.4 is 0 Å². The first-order chi connectivity index (χ1) is 12.8. The van der Waals surface area contributed by atoms with E-state index in [0.29, 0.717) is 31.3 Å². The summed E-state index contributed by atoms with van der Waals surface area (Å²) in [6, 6.07) is 7.95. The fraction of sp³-hybridized carbons (Fsp3) is 0.524. The summed E-state index contributed by atoms with van der Waals surface area (Å²) >= 11 is 0. The van der Waals surface area contributed by atoms with Crippen LogP contribution in [0.1, 0.15) is 62.5 Å². The number of fused-ring (bicyclic) bond motifs is 1. The molecule has 1 aliphatic heterocycles. The number of rotatable bonds is 3. The van der Waals surface area contributed by atoms with Crippen LogP contribution in [0.25, 0.3) is 10.9 Å². The fourth-order valence-corrected chi connectivity index (χ4v) is 3.54. The number of carbonyl (C=O) groups is 2. The number of ether oxygens (including phenoxy) is 2. The van der Waals surface area contributed by atoms with Crippen LogP contribution in [0.2, 0.25) is 0 Å². The fourth-order valence-electron chi connectivity index (χ4n) is 3.54. The molecule has 1 N–H and O–H groups in total. The number of nitrogens with zero attached hydrogens (tertiary/aromatic N) is 1. The maximum Gasteiger partial charge on any atom is 0.410 e. The van der Waals surface area contributed by atoms with Crippen molar-refractivity contribution in [2.75, 3.05) is 19.7 Å². The summed E-state index contributed by atoms with van der Waals surface area (Å²) < 4.78 is 10.6. The van der Waals surface area contributed by atoms with Gasteiger partial charge in [0, 0.05) is 24.0 Å². The van der Waals surface area contributed by atoms with Crippen molar-refractivity contribution in [3.05, 3.63) is 35.5 Å². The number of esters is 1. The van der Waals surface area contributed by atoms with Crippen LogP contribution in [-0.4, -0.2) is 47.2 Å². The molecule has 3 rings (SSSR count). The number of aromatic nitrogens is 1. The van der Waals surface area contributed by atoms with E-state index in [4.69, 9.17) is 9.47 Å². The van der Waals surface area contributed by atoms with Crippen LogP contribution >= 0.6 is 0 Å². The first kappa shape index (κ1) is 19.3. The molecule has 0 spiro atoms. The van der Waals surface area contributed by atoms with E-state index in [1.165, 1.54) is 5.56 Å². The van der Waals surface area contributed by atoms with Crippen LogP contribution in [0, 0.1) is 0 Å². The number of piperidine rings is 1. The Balaban J connectivity index is 1.73. The molecule has 2 heterocycles. The molecule has 1 amide bonds. The van der Waals surface area contributed by atoms with Crippen molar-refractivity contribution in [1.82, 2.24) is 9.88 Å². The summed E-state index contributed by atoms with van der Waals surface area (Å²) in [5.41, 5.74) is 2.17. The average molecular weight is 372 g/mol. The number of benzene rings is 1. The van der Waals surface area contributed by atoms with Gasteiger partial charge in [-0.25, -0.2) is 9.59 Å². The summed E-state index contributed by atoms with van der Waals surface area (Å²) in [6.45, 7) is 9.12. The monoisotopic (exact) mass is 372 g/mol. The van der Waals surface area contributed by atoms with E-state index < -0.39 is 5.60 Å². The minimum atomic E-state index is -0.479. The van der Waals surface area contributed by atoms with Crippen molar-refractivity contribution in [2.24, 2.45) is 0 Å². The van der Waals surface area contributed by atoms with Crippen molar-refractivity contribution < 1.29 is 19.1 Å². The second-order valence-corrected chi connectivity index (χ2v) is 7.96. The number of hydrogen-bond donors (Lipinski definition) is 1. The highest BCUT2D eigenvalue weighted by molar-refractivity contribution is 5.96. The highest BCUT2D eigenvalue weighted by Gasteiger charge is 2.28. The second kappa shape index (κ2) is 7.62. The first-order valence-electron chi connectivity index (χ1n) is 9.55. The van der Waals surface area contributed by atoms with Crippen LogP contribution in [0.5, 0.6) is 0 Å². The smallest absolute Gasteiger partial charge is 0.410 e. The lowest BCUT2D eigenvalue weighted by Gasteiger charge is -2.33. The Morgan fingerprint density at radius 1 is 1.22 bits per heavy atom. The van der Waals surface area contributed by atoms with Crippen LogP contribution in [0.3, 0.4) is 0 Å². The van der Waals surface area contributed by atoms with Gasteiger partial charge in [0.2, 0.25) is 0 Å². The van der Waals surface area contributed by atoms with Gasteiger partial charge >= 0.3 is 12.1 Å². The summed E-state index contributed by atoms with van der Waals surface area (Å²) in [6.07, 6.45) is 1.49. The predicted octanol–water partition coefficient (Wildman–Crippen LogP) is 4.46. The van der Waals surface area contributed by atoms with Gasteiger partial charge in [0.25, 0.3) is 0 Å². The number of amides is 1. The predicted molar refractivity (Wildman–Crippen MR) is 104 cm³/mol. The van der Waals surface area contributed by atoms with Crippen molar-refractivity contribution in [1.29, 1.82) is 0 Å². The van der Waals surface area contributed by atoms with Gasteiger partial charge in [0.1, 0.15) is 11.3 Å². The van der Waals surface area contributed by atoms with Crippen molar-refractivity contribution >= 4 is 23.0 Å². The highest BCUT2D eigenvalue weighted by Crippen LogP contribution is 2.33. The lowest BCUT2D eigenvalue weighted by atomic mass is 9.88. The van der Waals surface area contributed by atoms with Crippen LogP contribution in [0.4, 0.5) is 4.79 Å². The molecule has 146 valence electrons. The van der Waals surface area contributed by atoms with E-state index in [2.05, 4.69) is 11.1 Å². The van der Waals surface area contributed by atoms with Crippen LogP contribution in [0.15, 0.2) is 24.3 Å². The SMILES string of the molecule is CCOC(=O)c1cc2cccc(C3CCN(C(=O)OC(C)(C)C)CC3)c2[nH]1. The molecule has 0 bridgehead atoms. The summed E-state index contributed by atoms with van der Waals surface area (Å²) in [7, 11) is 0. The molecule has 2 aromatic rings. The number of H-pyrrole nitrogens is 1. The zero-order chi connectivity index (χ0) is 19.6. The minimum Gasteiger partial charge on any atom is -0.461 e. The van der Waals surface area contributed by atoms with Crippen molar-refractivity contribution in [3.63, 3.8) is 0 Å². The molecule has 1 aromatic carbocycles. The third-order valence-electron chi connectivity index (χ3n) is 4.77. The summed E-state index contributed by atoms with van der Waals surface area (Å²) in [5, 5.41) is 1.00. The zero-order valence-corrected chi connectivity index (χ0v) is 16.5. The standard InChI is InChI=1S/C21H28N2O4/c1-5-26-19(24)17-13-15-7-6-8-16(18(15)22-17)14-9-11-23(12-10-14)20(25)27-21(2,3)4/h6-8,13-14,22H,5,9-12H2,1-4H3. The molecular formula is C21H28N2O4. The molecule has 27 heavy (non-hydrogen) atoms.